The van der Waals surface area contributed by atoms with E-state index in [1.165, 1.54) is 0 Å². The summed E-state index contributed by atoms with van der Waals surface area (Å²) in [6.45, 7) is 0.592. The minimum atomic E-state index is -0.321. The van der Waals surface area contributed by atoms with Gasteiger partial charge < -0.3 is 5.73 Å². The molecule has 0 radical (unpaired) electrons. The van der Waals surface area contributed by atoms with Crippen LogP contribution in [0, 0.1) is 11.3 Å². The third-order valence-electron chi connectivity index (χ3n) is 5.24. The van der Waals surface area contributed by atoms with Gasteiger partial charge in [0.2, 0.25) is 11.8 Å². The van der Waals surface area contributed by atoms with Crippen LogP contribution in [0.2, 0.25) is 0 Å². The summed E-state index contributed by atoms with van der Waals surface area (Å²) >= 11 is 0. The second-order valence-corrected chi connectivity index (χ2v) is 6.23. The Kier molecular flexibility index (Phi) is 2.93. The van der Waals surface area contributed by atoms with E-state index in [0.717, 1.165) is 44.9 Å². The summed E-state index contributed by atoms with van der Waals surface area (Å²) in [6, 6.07) is 0.0926. The van der Waals surface area contributed by atoms with Crippen molar-refractivity contribution >= 4 is 11.8 Å². The average Bonchev–Trinajstić information content (AvgIpc) is 3.02. The molecule has 1 heterocycles. The molecular formula is C14H22N2O2. The summed E-state index contributed by atoms with van der Waals surface area (Å²) in [5, 5.41) is 0. The van der Waals surface area contributed by atoms with E-state index in [0.29, 0.717) is 18.9 Å². The molecule has 2 N–H and O–H groups in total. The molecule has 0 bridgehead atoms. The predicted octanol–water partition coefficient (Wildman–Crippen LogP) is 1.43. The molecule has 2 atom stereocenters. The first-order chi connectivity index (χ1) is 8.68. The van der Waals surface area contributed by atoms with E-state index in [1.807, 2.05) is 0 Å². The number of nitrogens with two attached hydrogens (primary N) is 1. The number of hydrogen-bond acceptors (Lipinski definition) is 3. The van der Waals surface area contributed by atoms with Crippen molar-refractivity contribution in [3.05, 3.63) is 0 Å². The van der Waals surface area contributed by atoms with Gasteiger partial charge in [0.05, 0.1) is 5.41 Å². The molecule has 2 saturated carbocycles. The molecule has 0 aromatic carbocycles. The Hall–Kier alpha value is -0.900. The molecule has 0 aromatic heterocycles. The molecule has 2 aliphatic carbocycles. The minimum absolute atomic E-state index is 0.0623. The molecule has 2 unspecified atom stereocenters. The van der Waals surface area contributed by atoms with E-state index in [-0.39, 0.29) is 23.3 Å². The number of rotatable bonds is 2. The van der Waals surface area contributed by atoms with Crippen molar-refractivity contribution in [3.8, 4) is 0 Å². The van der Waals surface area contributed by atoms with Gasteiger partial charge in [-0.05, 0) is 38.1 Å². The van der Waals surface area contributed by atoms with Crippen molar-refractivity contribution in [1.29, 1.82) is 0 Å². The van der Waals surface area contributed by atoms with Gasteiger partial charge in [-0.1, -0.05) is 19.3 Å². The lowest BCUT2D eigenvalue weighted by Crippen LogP contribution is -2.45. The van der Waals surface area contributed by atoms with Crippen molar-refractivity contribution in [2.75, 3.05) is 6.54 Å². The van der Waals surface area contributed by atoms with Gasteiger partial charge in [0, 0.05) is 12.5 Å². The van der Waals surface area contributed by atoms with E-state index in [1.54, 1.807) is 4.90 Å². The fourth-order valence-corrected chi connectivity index (χ4v) is 4.23. The standard InChI is InChI=1S/C14H22N2O2/c15-9-10-4-3-5-11(10)16-12(17)8-14(13(16)18)6-1-2-7-14/h10-11H,1-9,15H2. The highest BCUT2D eigenvalue weighted by Crippen LogP contribution is 2.48. The molecule has 3 aliphatic rings. The summed E-state index contributed by atoms with van der Waals surface area (Å²) in [5.41, 5.74) is 5.46. The Morgan fingerprint density at radius 3 is 2.56 bits per heavy atom. The van der Waals surface area contributed by atoms with Crippen LogP contribution in [0.5, 0.6) is 0 Å². The van der Waals surface area contributed by atoms with Crippen LogP contribution in [0.15, 0.2) is 0 Å². The van der Waals surface area contributed by atoms with Gasteiger partial charge in [0.15, 0.2) is 0 Å². The molecule has 1 spiro atoms. The number of carbonyl (C=O) groups is 2. The van der Waals surface area contributed by atoms with Gasteiger partial charge in [0.25, 0.3) is 0 Å². The maximum Gasteiger partial charge on any atom is 0.236 e. The molecule has 3 rings (SSSR count). The van der Waals surface area contributed by atoms with E-state index in [2.05, 4.69) is 0 Å². The fraction of sp³-hybridized carbons (Fsp3) is 0.857. The number of nitrogens with zero attached hydrogens (tertiary/aromatic N) is 1. The van der Waals surface area contributed by atoms with Crippen LogP contribution < -0.4 is 5.73 Å². The largest absolute Gasteiger partial charge is 0.330 e. The van der Waals surface area contributed by atoms with E-state index in [4.69, 9.17) is 5.73 Å². The van der Waals surface area contributed by atoms with Crippen molar-refractivity contribution in [2.45, 2.75) is 57.4 Å². The molecule has 1 saturated heterocycles. The van der Waals surface area contributed by atoms with Crippen molar-refractivity contribution in [3.63, 3.8) is 0 Å². The second-order valence-electron chi connectivity index (χ2n) is 6.23. The topological polar surface area (TPSA) is 63.4 Å². The highest BCUT2D eigenvalue weighted by molar-refractivity contribution is 6.06. The molecular weight excluding hydrogens is 228 g/mol. The zero-order valence-corrected chi connectivity index (χ0v) is 10.9. The maximum absolute atomic E-state index is 12.7. The first-order valence-corrected chi connectivity index (χ1v) is 7.24. The Labute approximate surface area is 108 Å². The Balaban J connectivity index is 1.84. The Morgan fingerprint density at radius 2 is 1.89 bits per heavy atom. The number of imide groups is 1. The molecule has 2 amide bonds. The predicted molar refractivity (Wildman–Crippen MR) is 67.6 cm³/mol. The molecule has 1 aliphatic heterocycles. The average molecular weight is 250 g/mol. The summed E-state index contributed by atoms with van der Waals surface area (Å²) in [6.07, 6.45) is 7.58. The second kappa shape index (κ2) is 4.34. The number of carbonyl (C=O) groups excluding carboxylic acids is 2. The van der Waals surface area contributed by atoms with Crippen LogP contribution >= 0.6 is 0 Å². The van der Waals surface area contributed by atoms with E-state index < -0.39 is 0 Å². The molecule has 18 heavy (non-hydrogen) atoms. The highest BCUT2D eigenvalue weighted by Gasteiger charge is 2.55. The third-order valence-corrected chi connectivity index (χ3v) is 5.24. The lowest BCUT2D eigenvalue weighted by Gasteiger charge is -2.29. The van der Waals surface area contributed by atoms with Gasteiger partial charge >= 0.3 is 0 Å². The zero-order valence-electron chi connectivity index (χ0n) is 10.9. The van der Waals surface area contributed by atoms with Crippen LogP contribution in [0.3, 0.4) is 0 Å². The first-order valence-electron chi connectivity index (χ1n) is 7.24. The lowest BCUT2D eigenvalue weighted by molar-refractivity contribution is -0.144. The summed E-state index contributed by atoms with van der Waals surface area (Å²) in [5.74, 6) is 0.511. The van der Waals surface area contributed by atoms with Gasteiger partial charge in [-0.15, -0.1) is 0 Å². The summed E-state index contributed by atoms with van der Waals surface area (Å²) in [4.78, 5) is 26.5. The zero-order chi connectivity index (χ0) is 12.8. The normalized spacial score (nSPS) is 35.1. The number of likely N-dealkylation sites (tertiary alicyclic amines) is 1. The molecule has 100 valence electrons. The van der Waals surface area contributed by atoms with Crippen LogP contribution in [0.1, 0.15) is 51.4 Å². The fourth-order valence-electron chi connectivity index (χ4n) is 4.23. The highest BCUT2D eigenvalue weighted by atomic mass is 16.2. The monoisotopic (exact) mass is 250 g/mol. The Morgan fingerprint density at radius 1 is 1.17 bits per heavy atom. The van der Waals surface area contributed by atoms with Crippen LogP contribution in [0.4, 0.5) is 0 Å². The third kappa shape index (κ3) is 1.62. The van der Waals surface area contributed by atoms with E-state index in [9.17, 15) is 9.59 Å². The molecule has 4 heteroatoms. The maximum atomic E-state index is 12.7. The Bertz CT molecular complexity index is 374. The van der Waals surface area contributed by atoms with Gasteiger partial charge in [-0.2, -0.15) is 0 Å². The van der Waals surface area contributed by atoms with Crippen molar-refractivity contribution < 1.29 is 9.59 Å². The number of hydrogen-bond donors (Lipinski definition) is 1. The first kappa shape index (κ1) is 12.2. The molecule has 4 nitrogen and oxygen atoms in total. The van der Waals surface area contributed by atoms with Gasteiger partial charge in [-0.3, -0.25) is 14.5 Å². The van der Waals surface area contributed by atoms with Crippen LogP contribution in [-0.2, 0) is 9.59 Å². The minimum Gasteiger partial charge on any atom is -0.330 e. The van der Waals surface area contributed by atoms with Crippen LogP contribution in [0.25, 0.3) is 0 Å². The summed E-state index contributed by atoms with van der Waals surface area (Å²) in [7, 11) is 0. The molecule has 0 aromatic rings. The number of amides is 2. The smallest absolute Gasteiger partial charge is 0.236 e. The van der Waals surface area contributed by atoms with Gasteiger partial charge in [0.1, 0.15) is 0 Å². The SMILES string of the molecule is NCC1CCCC1N1C(=O)CC2(CCCC2)C1=O. The van der Waals surface area contributed by atoms with Crippen molar-refractivity contribution in [1.82, 2.24) is 4.90 Å². The summed E-state index contributed by atoms with van der Waals surface area (Å²) < 4.78 is 0. The molecule has 3 fully saturated rings. The van der Waals surface area contributed by atoms with Gasteiger partial charge in [-0.25, -0.2) is 0 Å². The van der Waals surface area contributed by atoms with Crippen LogP contribution in [-0.4, -0.2) is 29.3 Å². The quantitative estimate of drug-likeness (QED) is 0.754. The van der Waals surface area contributed by atoms with E-state index >= 15 is 0 Å². The van der Waals surface area contributed by atoms with Crippen molar-refractivity contribution in [2.24, 2.45) is 17.1 Å². The lowest BCUT2D eigenvalue weighted by atomic mass is 9.84.